The number of carbonyl (C=O) groups is 2. The molecule has 1 aliphatic rings. The number of thiazole rings is 1. The second-order valence-corrected chi connectivity index (χ2v) is 11.8. The van der Waals surface area contributed by atoms with E-state index in [1.54, 1.807) is 31.2 Å². The van der Waals surface area contributed by atoms with E-state index in [9.17, 15) is 18.0 Å². The number of benzene rings is 3. The predicted octanol–water partition coefficient (Wildman–Crippen LogP) is 4.95. The number of amides is 1. The van der Waals surface area contributed by atoms with Gasteiger partial charge in [-0.05, 0) is 73.9 Å². The van der Waals surface area contributed by atoms with Gasteiger partial charge in [-0.2, -0.15) is 4.99 Å². The fourth-order valence-electron chi connectivity index (χ4n) is 4.60. The molecular formula is C29H27N3O5S2. The van der Waals surface area contributed by atoms with Crippen LogP contribution >= 0.6 is 11.3 Å². The van der Waals surface area contributed by atoms with Gasteiger partial charge in [0.25, 0.3) is 15.9 Å². The van der Waals surface area contributed by atoms with Crippen molar-refractivity contribution in [1.82, 2.24) is 4.57 Å². The van der Waals surface area contributed by atoms with Crippen LogP contribution < -0.4 is 9.11 Å². The zero-order chi connectivity index (χ0) is 27.6. The molecule has 39 heavy (non-hydrogen) atoms. The molecule has 8 nitrogen and oxygen atoms in total. The number of para-hydroxylation sites is 1. The first kappa shape index (κ1) is 26.6. The minimum Gasteiger partial charge on any atom is -0.462 e. The Morgan fingerprint density at radius 1 is 1.08 bits per heavy atom. The number of fused-ring (bicyclic) bond motifs is 2. The molecule has 0 atom stereocenters. The van der Waals surface area contributed by atoms with E-state index >= 15 is 0 Å². The maximum atomic E-state index is 13.4. The molecule has 1 aliphatic heterocycles. The molecule has 5 rings (SSSR count). The summed E-state index contributed by atoms with van der Waals surface area (Å²) in [6, 6.07) is 18.6. The molecule has 4 aromatic rings. The maximum Gasteiger partial charge on any atom is 0.338 e. The topological polar surface area (TPSA) is 98.0 Å². The summed E-state index contributed by atoms with van der Waals surface area (Å²) in [6.45, 7) is 6.64. The maximum absolute atomic E-state index is 13.4. The van der Waals surface area contributed by atoms with E-state index < -0.39 is 21.9 Å². The summed E-state index contributed by atoms with van der Waals surface area (Å²) in [4.78, 5) is 30.2. The summed E-state index contributed by atoms with van der Waals surface area (Å²) >= 11 is 1.27. The smallest absolute Gasteiger partial charge is 0.338 e. The first-order chi connectivity index (χ1) is 18.8. The number of rotatable bonds is 7. The Kier molecular flexibility index (Phi) is 7.49. The van der Waals surface area contributed by atoms with Crippen LogP contribution in [0.3, 0.4) is 0 Å². The number of anilines is 1. The van der Waals surface area contributed by atoms with E-state index in [1.807, 2.05) is 28.8 Å². The molecule has 3 aromatic carbocycles. The molecule has 200 valence electrons. The minimum atomic E-state index is -3.78. The summed E-state index contributed by atoms with van der Waals surface area (Å²) < 4.78 is 36.0. The van der Waals surface area contributed by atoms with Crippen LogP contribution in [-0.4, -0.2) is 38.0 Å². The highest BCUT2D eigenvalue weighted by molar-refractivity contribution is 7.92. The van der Waals surface area contributed by atoms with E-state index in [4.69, 9.17) is 4.74 Å². The zero-order valence-corrected chi connectivity index (χ0v) is 23.0. The SMILES string of the molecule is C=CCn1c(=NC(=O)c2ccc(S(=O)(=O)N3CCCc4ccccc43)cc2)sc2cc(C(=O)OCC)ccc21. The number of aromatic nitrogens is 1. The molecule has 0 fully saturated rings. The van der Waals surface area contributed by atoms with Gasteiger partial charge in [0.1, 0.15) is 0 Å². The summed E-state index contributed by atoms with van der Waals surface area (Å²) in [7, 11) is -3.78. The van der Waals surface area contributed by atoms with Crippen molar-refractivity contribution in [2.45, 2.75) is 31.2 Å². The molecule has 0 N–H and O–H groups in total. The van der Waals surface area contributed by atoms with Gasteiger partial charge in [-0.15, -0.1) is 6.58 Å². The van der Waals surface area contributed by atoms with Crippen molar-refractivity contribution in [1.29, 1.82) is 0 Å². The first-order valence-electron chi connectivity index (χ1n) is 12.5. The van der Waals surface area contributed by atoms with Crippen LogP contribution in [0.25, 0.3) is 10.2 Å². The van der Waals surface area contributed by atoms with Crippen molar-refractivity contribution in [2.24, 2.45) is 4.99 Å². The van der Waals surface area contributed by atoms with Crippen molar-refractivity contribution in [2.75, 3.05) is 17.5 Å². The molecule has 10 heteroatoms. The highest BCUT2D eigenvalue weighted by Gasteiger charge is 2.29. The fraction of sp³-hybridized carbons (Fsp3) is 0.207. The number of carbonyl (C=O) groups excluding carboxylic acids is 2. The van der Waals surface area contributed by atoms with Crippen molar-refractivity contribution in [3.8, 4) is 0 Å². The number of nitrogens with zero attached hydrogens (tertiary/aromatic N) is 3. The van der Waals surface area contributed by atoms with Gasteiger partial charge < -0.3 is 9.30 Å². The van der Waals surface area contributed by atoms with Gasteiger partial charge in [0.15, 0.2) is 4.80 Å². The van der Waals surface area contributed by atoms with E-state index in [0.717, 1.165) is 28.6 Å². The summed E-state index contributed by atoms with van der Waals surface area (Å²) in [5.41, 5.74) is 3.19. The number of sulfonamides is 1. The lowest BCUT2D eigenvalue weighted by Gasteiger charge is -2.30. The highest BCUT2D eigenvalue weighted by atomic mass is 32.2. The quantitative estimate of drug-likeness (QED) is 0.235. The number of allylic oxidation sites excluding steroid dienone is 1. The van der Waals surface area contributed by atoms with Gasteiger partial charge in [0.05, 0.1) is 33.0 Å². The number of ether oxygens (including phenoxy) is 1. The van der Waals surface area contributed by atoms with Crippen LogP contribution in [0.1, 0.15) is 39.6 Å². The Balaban J connectivity index is 1.46. The second-order valence-electron chi connectivity index (χ2n) is 8.94. The molecule has 0 spiro atoms. The summed E-state index contributed by atoms with van der Waals surface area (Å²) in [5.74, 6) is -0.919. The van der Waals surface area contributed by atoms with Gasteiger partial charge in [-0.3, -0.25) is 9.10 Å². The second kappa shape index (κ2) is 11.0. The Morgan fingerprint density at radius 2 is 1.82 bits per heavy atom. The molecule has 0 aliphatic carbocycles. The first-order valence-corrected chi connectivity index (χ1v) is 14.8. The Bertz CT molecular complexity index is 1750. The normalized spacial score (nSPS) is 13.8. The molecule has 1 aromatic heterocycles. The highest BCUT2D eigenvalue weighted by Crippen LogP contribution is 2.32. The van der Waals surface area contributed by atoms with E-state index in [1.165, 1.54) is 39.9 Å². The van der Waals surface area contributed by atoms with E-state index in [-0.39, 0.29) is 17.1 Å². The molecule has 0 unspecified atom stereocenters. The average molecular weight is 562 g/mol. The molecule has 2 heterocycles. The monoisotopic (exact) mass is 561 g/mol. The number of esters is 1. The van der Waals surface area contributed by atoms with Gasteiger partial charge in [-0.25, -0.2) is 13.2 Å². The molecule has 0 saturated carbocycles. The van der Waals surface area contributed by atoms with Crippen molar-refractivity contribution >= 4 is 49.1 Å². The van der Waals surface area contributed by atoms with Crippen molar-refractivity contribution in [3.05, 3.63) is 101 Å². The van der Waals surface area contributed by atoms with Gasteiger partial charge in [0.2, 0.25) is 0 Å². The molecular weight excluding hydrogens is 534 g/mol. The fourth-order valence-corrected chi connectivity index (χ4v) is 7.22. The van der Waals surface area contributed by atoms with E-state index in [2.05, 4.69) is 11.6 Å². The summed E-state index contributed by atoms with van der Waals surface area (Å²) in [6.07, 6.45) is 3.28. The van der Waals surface area contributed by atoms with Crippen LogP contribution in [0.15, 0.2) is 89.3 Å². The van der Waals surface area contributed by atoms with E-state index in [0.29, 0.717) is 29.1 Å². The third kappa shape index (κ3) is 5.17. The zero-order valence-electron chi connectivity index (χ0n) is 21.4. The Morgan fingerprint density at radius 3 is 2.56 bits per heavy atom. The van der Waals surface area contributed by atoms with Crippen LogP contribution in [0.5, 0.6) is 0 Å². The summed E-state index contributed by atoms with van der Waals surface area (Å²) in [5, 5.41) is 0. The third-order valence-electron chi connectivity index (χ3n) is 6.46. The van der Waals surface area contributed by atoms with Gasteiger partial charge >= 0.3 is 5.97 Å². The van der Waals surface area contributed by atoms with Crippen LogP contribution in [0.4, 0.5) is 5.69 Å². The van der Waals surface area contributed by atoms with Gasteiger partial charge in [-0.1, -0.05) is 35.6 Å². The molecule has 1 amide bonds. The number of hydrogen-bond acceptors (Lipinski definition) is 6. The largest absolute Gasteiger partial charge is 0.462 e. The molecule has 0 saturated heterocycles. The van der Waals surface area contributed by atoms with Gasteiger partial charge in [0, 0.05) is 18.7 Å². The number of hydrogen-bond donors (Lipinski definition) is 0. The average Bonchev–Trinajstić information content (AvgIpc) is 3.29. The van der Waals surface area contributed by atoms with Crippen molar-refractivity contribution in [3.63, 3.8) is 0 Å². The third-order valence-corrected chi connectivity index (χ3v) is 9.33. The lowest BCUT2D eigenvalue weighted by atomic mass is 10.0. The standard InChI is InChI=1S/C29H27N3O5S2/c1-3-17-31-25-16-13-22(28(34)37-4-2)19-26(25)38-29(31)30-27(33)21-11-14-23(15-12-21)39(35,36)32-18-7-9-20-8-5-6-10-24(20)32/h3,5-6,8,10-16,19H,1,4,7,9,17-18H2,2H3. The lowest BCUT2D eigenvalue weighted by molar-refractivity contribution is 0.0526. The van der Waals surface area contributed by atoms with Crippen LogP contribution in [0, 0.1) is 0 Å². The Hall–Kier alpha value is -4.02. The molecule has 0 radical (unpaired) electrons. The van der Waals surface area contributed by atoms with Crippen molar-refractivity contribution < 1.29 is 22.7 Å². The minimum absolute atomic E-state index is 0.117. The van der Waals surface area contributed by atoms with Crippen LogP contribution in [0.2, 0.25) is 0 Å². The predicted molar refractivity (Wildman–Crippen MR) is 152 cm³/mol. The lowest BCUT2D eigenvalue weighted by Crippen LogP contribution is -2.35. The molecule has 0 bridgehead atoms. The number of aryl methyl sites for hydroxylation is 1. The van der Waals surface area contributed by atoms with Crippen LogP contribution in [-0.2, 0) is 27.7 Å². The Labute approximate surface area is 230 Å².